The Kier molecular flexibility index (Phi) is 16.3. The molecule has 0 unspecified atom stereocenters. The highest BCUT2D eigenvalue weighted by molar-refractivity contribution is 4.84. The molecule has 0 aromatic carbocycles. The van der Waals surface area contributed by atoms with Gasteiger partial charge >= 0.3 is 0 Å². The van der Waals surface area contributed by atoms with E-state index < -0.39 is 0 Å². The lowest BCUT2D eigenvalue weighted by atomic mass is 9.95. The van der Waals surface area contributed by atoms with E-state index in [1.807, 2.05) is 0 Å². The Balaban J connectivity index is 4.86. The van der Waals surface area contributed by atoms with Crippen molar-refractivity contribution in [1.29, 1.82) is 0 Å². The van der Waals surface area contributed by atoms with Gasteiger partial charge in [0.15, 0.2) is 0 Å². The second-order valence-corrected chi connectivity index (χ2v) is 11.0. The average Bonchev–Trinajstić information content (AvgIpc) is 2.74. The van der Waals surface area contributed by atoms with Crippen LogP contribution in [0.5, 0.6) is 0 Å². The predicted molar refractivity (Wildman–Crippen MR) is 145 cm³/mol. The van der Waals surface area contributed by atoms with Crippen LogP contribution in [0, 0.1) is 0 Å². The average molecular weight is 456 g/mol. The smallest absolute Gasteiger partial charge is 0.0154 e. The molecular weight excluding hydrogens is 394 g/mol. The van der Waals surface area contributed by atoms with Crippen LogP contribution in [0.4, 0.5) is 0 Å². The van der Waals surface area contributed by atoms with Crippen LogP contribution < -0.4 is 0 Å². The SMILES string of the molecule is CCN(CC)CCN(CCN(CC)CC)C(C)(C)CCCN(CC)CCN(C)C(C)(C)C. The zero-order chi connectivity index (χ0) is 24.8. The Morgan fingerprint density at radius 2 is 0.906 bits per heavy atom. The standard InChI is InChI=1S/C27H61N5/c1-12-29(13-2)22-24-32(25-23-30(14-3)15-4)27(9,10)18-17-19-31(16-5)21-20-28(11)26(6,7)8/h12-25H2,1-11H3. The summed E-state index contributed by atoms with van der Waals surface area (Å²) in [6.07, 6.45) is 2.53. The molecule has 0 aromatic heterocycles. The molecule has 5 heteroatoms. The zero-order valence-electron chi connectivity index (χ0n) is 24.1. The van der Waals surface area contributed by atoms with Crippen molar-refractivity contribution in [2.45, 2.75) is 93.2 Å². The van der Waals surface area contributed by atoms with Crippen molar-refractivity contribution in [3.63, 3.8) is 0 Å². The van der Waals surface area contributed by atoms with Gasteiger partial charge in [0.2, 0.25) is 0 Å². The van der Waals surface area contributed by atoms with Gasteiger partial charge in [-0.25, -0.2) is 0 Å². The summed E-state index contributed by atoms with van der Waals surface area (Å²) in [7, 11) is 2.25. The van der Waals surface area contributed by atoms with Gasteiger partial charge in [0, 0.05) is 50.3 Å². The van der Waals surface area contributed by atoms with Gasteiger partial charge < -0.3 is 19.6 Å². The largest absolute Gasteiger partial charge is 0.303 e. The summed E-state index contributed by atoms with van der Waals surface area (Å²) in [6.45, 7) is 37.2. The van der Waals surface area contributed by atoms with Gasteiger partial charge in [-0.15, -0.1) is 0 Å². The van der Waals surface area contributed by atoms with E-state index in [1.54, 1.807) is 0 Å². The maximum atomic E-state index is 2.77. The monoisotopic (exact) mass is 455 g/mol. The van der Waals surface area contributed by atoms with E-state index >= 15 is 0 Å². The molecule has 0 bridgehead atoms. The Hall–Kier alpha value is -0.200. The molecule has 0 saturated heterocycles. The van der Waals surface area contributed by atoms with Gasteiger partial charge in [0.25, 0.3) is 0 Å². The lowest BCUT2D eigenvalue weighted by Crippen LogP contribution is -2.50. The van der Waals surface area contributed by atoms with Crippen LogP contribution in [-0.4, -0.2) is 121 Å². The fourth-order valence-corrected chi connectivity index (χ4v) is 4.27. The highest BCUT2D eigenvalue weighted by atomic mass is 15.3. The highest BCUT2D eigenvalue weighted by Crippen LogP contribution is 2.21. The molecule has 0 amide bonds. The molecule has 194 valence electrons. The number of hydrogen-bond acceptors (Lipinski definition) is 5. The van der Waals surface area contributed by atoms with Crippen LogP contribution in [0.25, 0.3) is 0 Å². The van der Waals surface area contributed by atoms with Crippen molar-refractivity contribution in [3.05, 3.63) is 0 Å². The van der Waals surface area contributed by atoms with Crippen LogP contribution in [0.1, 0.15) is 82.1 Å². The topological polar surface area (TPSA) is 16.2 Å². The molecule has 32 heavy (non-hydrogen) atoms. The van der Waals surface area contributed by atoms with E-state index in [4.69, 9.17) is 0 Å². The number of hydrogen-bond donors (Lipinski definition) is 0. The van der Waals surface area contributed by atoms with E-state index in [1.165, 1.54) is 52.1 Å². The molecule has 0 fully saturated rings. The normalized spacial score (nSPS) is 13.5. The minimum absolute atomic E-state index is 0.238. The van der Waals surface area contributed by atoms with Gasteiger partial charge in [0.05, 0.1) is 0 Å². The molecule has 0 N–H and O–H groups in total. The molecule has 0 atom stereocenters. The lowest BCUT2D eigenvalue weighted by molar-refractivity contribution is 0.0775. The van der Waals surface area contributed by atoms with Crippen molar-refractivity contribution in [3.8, 4) is 0 Å². The lowest BCUT2D eigenvalue weighted by Gasteiger charge is -2.41. The molecule has 0 aliphatic heterocycles. The third-order valence-electron chi connectivity index (χ3n) is 7.62. The summed E-state index contributed by atoms with van der Waals surface area (Å²) in [5.41, 5.74) is 0.486. The Morgan fingerprint density at radius 3 is 1.28 bits per heavy atom. The molecule has 0 spiro atoms. The van der Waals surface area contributed by atoms with E-state index in [2.05, 4.69) is 101 Å². The quantitative estimate of drug-likeness (QED) is 0.282. The van der Waals surface area contributed by atoms with E-state index in [-0.39, 0.29) is 11.1 Å². The first-order valence-corrected chi connectivity index (χ1v) is 13.6. The zero-order valence-corrected chi connectivity index (χ0v) is 24.1. The molecule has 0 aliphatic carbocycles. The maximum absolute atomic E-state index is 2.77. The van der Waals surface area contributed by atoms with Crippen molar-refractivity contribution >= 4 is 0 Å². The van der Waals surface area contributed by atoms with E-state index in [9.17, 15) is 0 Å². The molecule has 0 heterocycles. The first kappa shape index (κ1) is 31.8. The van der Waals surface area contributed by atoms with Crippen LogP contribution in [0.2, 0.25) is 0 Å². The highest BCUT2D eigenvalue weighted by Gasteiger charge is 2.27. The number of rotatable bonds is 19. The molecule has 0 saturated carbocycles. The maximum Gasteiger partial charge on any atom is 0.0154 e. The summed E-state index contributed by atoms with van der Waals surface area (Å²) in [4.78, 5) is 13.0. The number of nitrogens with zero attached hydrogens (tertiary/aromatic N) is 5. The fourth-order valence-electron chi connectivity index (χ4n) is 4.27. The number of likely N-dealkylation sites (N-methyl/N-ethyl adjacent to an activating group) is 4. The summed E-state index contributed by atoms with van der Waals surface area (Å²) >= 11 is 0. The first-order chi connectivity index (χ1) is 14.9. The van der Waals surface area contributed by atoms with E-state index in [0.717, 1.165) is 39.3 Å². The van der Waals surface area contributed by atoms with Crippen molar-refractivity contribution in [2.24, 2.45) is 0 Å². The van der Waals surface area contributed by atoms with Crippen molar-refractivity contribution in [2.75, 3.05) is 85.6 Å². The summed E-state index contributed by atoms with van der Waals surface area (Å²) in [5, 5.41) is 0. The molecular formula is C27H61N5. The summed E-state index contributed by atoms with van der Waals surface area (Å²) < 4.78 is 0. The summed E-state index contributed by atoms with van der Waals surface area (Å²) in [5.74, 6) is 0. The third kappa shape index (κ3) is 12.9. The van der Waals surface area contributed by atoms with Gasteiger partial charge in [-0.1, -0.05) is 34.6 Å². The molecule has 5 nitrogen and oxygen atoms in total. The molecule has 0 rings (SSSR count). The minimum Gasteiger partial charge on any atom is -0.303 e. The van der Waals surface area contributed by atoms with Crippen LogP contribution >= 0.6 is 0 Å². The second kappa shape index (κ2) is 16.4. The van der Waals surface area contributed by atoms with Gasteiger partial charge in [-0.2, -0.15) is 0 Å². The Bertz CT molecular complexity index is 422. The predicted octanol–water partition coefficient (Wildman–Crippen LogP) is 4.58. The minimum atomic E-state index is 0.238. The van der Waals surface area contributed by atoms with Crippen molar-refractivity contribution < 1.29 is 0 Å². The first-order valence-electron chi connectivity index (χ1n) is 13.6. The molecule has 0 aromatic rings. The molecule has 0 radical (unpaired) electrons. The van der Waals surface area contributed by atoms with Gasteiger partial charge in [-0.05, 0) is 93.8 Å². The van der Waals surface area contributed by atoms with Gasteiger partial charge in [-0.3, -0.25) is 4.90 Å². The van der Waals surface area contributed by atoms with E-state index in [0.29, 0.717) is 0 Å². The van der Waals surface area contributed by atoms with Crippen LogP contribution in [0.15, 0.2) is 0 Å². The Labute approximate surface area is 203 Å². The second-order valence-electron chi connectivity index (χ2n) is 11.0. The van der Waals surface area contributed by atoms with Crippen LogP contribution in [0.3, 0.4) is 0 Å². The van der Waals surface area contributed by atoms with Crippen molar-refractivity contribution in [1.82, 2.24) is 24.5 Å². The Morgan fingerprint density at radius 1 is 0.500 bits per heavy atom. The molecule has 0 aliphatic rings. The third-order valence-corrected chi connectivity index (χ3v) is 7.62. The van der Waals surface area contributed by atoms with Gasteiger partial charge in [0.1, 0.15) is 0 Å². The fraction of sp³-hybridized carbons (Fsp3) is 1.00. The summed E-state index contributed by atoms with van der Waals surface area (Å²) in [6, 6.07) is 0. The van der Waals surface area contributed by atoms with Crippen LogP contribution in [-0.2, 0) is 0 Å².